The number of benzene rings is 2. The molecule has 0 aliphatic carbocycles. The maximum absolute atomic E-state index is 13.8. The summed E-state index contributed by atoms with van der Waals surface area (Å²) in [5, 5.41) is 5.74. The first kappa shape index (κ1) is 22.0. The van der Waals surface area contributed by atoms with Crippen molar-refractivity contribution in [1.82, 2.24) is 5.01 Å². The van der Waals surface area contributed by atoms with Crippen LogP contribution in [-0.4, -0.2) is 42.8 Å². The Morgan fingerprint density at radius 1 is 0.967 bits per heavy atom. The molecule has 2 aromatic rings. The van der Waals surface area contributed by atoms with E-state index in [2.05, 4.69) is 5.10 Å². The summed E-state index contributed by atoms with van der Waals surface area (Å²) in [5.74, 6) is 0. The highest BCUT2D eigenvalue weighted by atomic mass is 31.2. The summed E-state index contributed by atoms with van der Waals surface area (Å²) in [7, 11) is -2.33. The molecule has 0 fully saturated rings. The van der Waals surface area contributed by atoms with Crippen molar-refractivity contribution in [2.45, 2.75) is 19.5 Å². The number of amides is 1. The van der Waals surface area contributed by atoms with Gasteiger partial charge in [0.2, 0.25) is 0 Å². The fourth-order valence-corrected chi connectivity index (χ4v) is 5.15. The number of ether oxygens (including phenoxy) is 1. The second-order valence-corrected chi connectivity index (χ2v) is 8.52. The van der Waals surface area contributed by atoms with Crippen LogP contribution in [0.15, 0.2) is 71.8 Å². The quantitative estimate of drug-likeness (QED) is 0.570. The predicted molar refractivity (Wildman–Crippen MR) is 116 cm³/mol. The highest BCUT2D eigenvalue weighted by molar-refractivity contribution is 7.56. The molecule has 0 saturated heterocycles. The number of carbonyl (C=O) groups excluding carboxylic acids is 1. The maximum Gasteiger partial charge on any atom is 0.434 e. The van der Waals surface area contributed by atoms with Gasteiger partial charge < -0.3 is 13.8 Å². The van der Waals surface area contributed by atoms with E-state index in [4.69, 9.17) is 13.8 Å². The molecule has 1 heterocycles. The van der Waals surface area contributed by atoms with Gasteiger partial charge in [0.05, 0.1) is 31.7 Å². The molecule has 3 rings (SSSR count). The van der Waals surface area contributed by atoms with Crippen LogP contribution in [0.5, 0.6) is 0 Å². The van der Waals surface area contributed by atoms with Crippen LogP contribution in [0.2, 0.25) is 0 Å². The summed E-state index contributed by atoms with van der Waals surface area (Å²) < 4.78 is 30.0. The Morgan fingerprint density at radius 2 is 1.50 bits per heavy atom. The van der Waals surface area contributed by atoms with Gasteiger partial charge in [-0.05, 0) is 25.5 Å². The molecule has 7 nitrogen and oxygen atoms in total. The molecule has 0 aromatic heterocycles. The Balaban J connectivity index is 2.22. The summed E-state index contributed by atoms with van der Waals surface area (Å²) in [6.07, 6.45) is 1.06. The Kier molecular flexibility index (Phi) is 7.21. The zero-order chi connectivity index (χ0) is 21.6. The molecule has 0 spiro atoms. The third-order valence-corrected chi connectivity index (χ3v) is 6.79. The average Bonchev–Trinajstić information content (AvgIpc) is 2.79. The fraction of sp³-hybridized carbons (Fsp3) is 0.273. The van der Waals surface area contributed by atoms with E-state index in [1.54, 1.807) is 19.9 Å². The van der Waals surface area contributed by atoms with Gasteiger partial charge in [0, 0.05) is 5.56 Å². The van der Waals surface area contributed by atoms with Crippen molar-refractivity contribution in [3.8, 4) is 0 Å². The predicted octanol–water partition coefficient (Wildman–Crippen LogP) is 5.15. The molecule has 1 aliphatic heterocycles. The lowest BCUT2D eigenvalue weighted by Gasteiger charge is -2.32. The average molecular weight is 428 g/mol. The highest BCUT2D eigenvalue weighted by Crippen LogP contribution is 2.56. The van der Waals surface area contributed by atoms with Crippen molar-refractivity contribution < 1.29 is 23.1 Å². The van der Waals surface area contributed by atoms with Crippen molar-refractivity contribution in [3.63, 3.8) is 0 Å². The van der Waals surface area contributed by atoms with Crippen LogP contribution < -0.4 is 0 Å². The van der Waals surface area contributed by atoms with E-state index >= 15 is 0 Å². The molecule has 0 N–H and O–H groups in total. The van der Waals surface area contributed by atoms with Crippen LogP contribution in [0.3, 0.4) is 0 Å². The standard InChI is InChI=1S/C22H25N2O5P/c1-4-28-30(26,29-5-2)20-16-19(17-12-8-6-9-13-17)24(22(25)27-3)23-21(20)18-14-10-7-11-15-18/h6-16,20H,4-5H2,1-3H3. The Hall–Kier alpha value is -2.73. The van der Waals surface area contributed by atoms with Gasteiger partial charge in [-0.2, -0.15) is 10.1 Å². The van der Waals surface area contributed by atoms with E-state index in [0.717, 1.165) is 5.56 Å². The molecule has 1 atom stereocenters. The molecular formula is C22H25N2O5P. The summed E-state index contributed by atoms with van der Waals surface area (Å²) in [4.78, 5) is 12.6. The smallest absolute Gasteiger partial charge is 0.434 e. The number of carbonyl (C=O) groups is 1. The van der Waals surface area contributed by atoms with E-state index in [-0.39, 0.29) is 13.2 Å². The first-order chi connectivity index (χ1) is 14.5. The van der Waals surface area contributed by atoms with E-state index < -0.39 is 19.3 Å². The summed E-state index contributed by atoms with van der Waals surface area (Å²) in [6, 6.07) is 18.5. The topological polar surface area (TPSA) is 77.4 Å². The minimum absolute atomic E-state index is 0.213. The number of hydrogen-bond acceptors (Lipinski definition) is 6. The molecule has 1 unspecified atom stereocenters. The summed E-state index contributed by atoms with van der Waals surface area (Å²) >= 11 is 0. The number of rotatable bonds is 7. The third kappa shape index (κ3) is 4.54. The fourth-order valence-electron chi connectivity index (χ4n) is 3.21. The maximum atomic E-state index is 13.8. The summed E-state index contributed by atoms with van der Waals surface area (Å²) in [6.45, 7) is 3.95. The highest BCUT2D eigenvalue weighted by Gasteiger charge is 2.43. The number of hydrogen-bond donors (Lipinski definition) is 0. The van der Waals surface area contributed by atoms with E-state index in [1.165, 1.54) is 12.1 Å². The van der Waals surface area contributed by atoms with Crippen molar-refractivity contribution in [3.05, 3.63) is 77.9 Å². The van der Waals surface area contributed by atoms with Gasteiger partial charge in [0.15, 0.2) is 0 Å². The first-order valence-electron chi connectivity index (χ1n) is 9.72. The molecule has 2 aromatic carbocycles. The largest absolute Gasteiger partial charge is 0.451 e. The zero-order valence-corrected chi connectivity index (χ0v) is 18.1. The number of allylic oxidation sites excluding steroid dienone is 1. The SMILES string of the molecule is CCOP(=O)(OCC)C1C=C(c2ccccc2)N(C(=O)OC)N=C1c1ccccc1. The molecule has 8 heteroatoms. The van der Waals surface area contributed by atoms with Gasteiger partial charge in [-0.25, -0.2) is 4.79 Å². The van der Waals surface area contributed by atoms with Crippen LogP contribution in [0.4, 0.5) is 4.79 Å². The van der Waals surface area contributed by atoms with E-state index in [0.29, 0.717) is 17.0 Å². The molecule has 0 radical (unpaired) electrons. The van der Waals surface area contributed by atoms with Gasteiger partial charge in [-0.3, -0.25) is 4.57 Å². The van der Waals surface area contributed by atoms with Gasteiger partial charge in [-0.1, -0.05) is 60.7 Å². The molecule has 30 heavy (non-hydrogen) atoms. The normalized spacial score (nSPS) is 16.6. The lowest BCUT2D eigenvalue weighted by molar-refractivity contribution is 0.143. The molecule has 1 aliphatic rings. The van der Waals surface area contributed by atoms with Crippen LogP contribution in [0.1, 0.15) is 25.0 Å². The third-order valence-electron chi connectivity index (χ3n) is 4.48. The van der Waals surface area contributed by atoms with E-state index in [9.17, 15) is 9.36 Å². The molecule has 1 amide bonds. The van der Waals surface area contributed by atoms with Gasteiger partial charge in [0.25, 0.3) is 0 Å². The number of hydrazone groups is 1. The lowest BCUT2D eigenvalue weighted by atomic mass is 10.0. The van der Waals surface area contributed by atoms with Crippen molar-refractivity contribution >= 4 is 25.1 Å². The molecule has 0 bridgehead atoms. The summed E-state index contributed by atoms with van der Waals surface area (Å²) in [5.41, 5.74) is 1.50. The Bertz CT molecular complexity index is 966. The number of nitrogens with zero attached hydrogens (tertiary/aromatic N) is 2. The van der Waals surface area contributed by atoms with Crippen LogP contribution in [0, 0.1) is 0 Å². The Morgan fingerprint density at radius 3 is 2.00 bits per heavy atom. The second kappa shape index (κ2) is 9.85. The van der Waals surface area contributed by atoms with Crippen molar-refractivity contribution in [2.75, 3.05) is 20.3 Å². The molecule has 0 saturated carbocycles. The van der Waals surface area contributed by atoms with Gasteiger partial charge in [-0.15, -0.1) is 0 Å². The first-order valence-corrected chi connectivity index (χ1v) is 11.3. The van der Waals surface area contributed by atoms with Crippen LogP contribution in [0.25, 0.3) is 5.70 Å². The molecule has 158 valence electrons. The van der Waals surface area contributed by atoms with Crippen molar-refractivity contribution in [1.29, 1.82) is 0 Å². The van der Waals surface area contributed by atoms with Gasteiger partial charge in [0.1, 0.15) is 5.66 Å². The minimum Gasteiger partial charge on any atom is -0.451 e. The van der Waals surface area contributed by atoms with E-state index in [1.807, 2.05) is 60.7 Å². The van der Waals surface area contributed by atoms with Gasteiger partial charge >= 0.3 is 13.7 Å². The number of methoxy groups -OCH3 is 1. The second-order valence-electron chi connectivity index (χ2n) is 6.37. The Labute approximate surface area is 176 Å². The molecular weight excluding hydrogens is 403 g/mol. The van der Waals surface area contributed by atoms with Crippen molar-refractivity contribution in [2.24, 2.45) is 5.10 Å². The van der Waals surface area contributed by atoms with Crippen LogP contribution in [-0.2, 0) is 18.3 Å². The zero-order valence-electron chi connectivity index (χ0n) is 17.2. The monoisotopic (exact) mass is 428 g/mol. The lowest BCUT2D eigenvalue weighted by Crippen LogP contribution is -2.35. The van der Waals surface area contributed by atoms with Crippen LogP contribution >= 0.6 is 7.60 Å². The minimum atomic E-state index is -3.63.